The summed E-state index contributed by atoms with van der Waals surface area (Å²) in [5.41, 5.74) is 2.53. The number of hydrogen-bond donors (Lipinski definition) is 1. The molecule has 0 amide bonds. The lowest BCUT2D eigenvalue weighted by atomic mass is 10.2. The summed E-state index contributed by atoms with van der Waals surface area (Å²) in [5.74, 6) is 0. The molecule has 0 radical (unpaired) electrons. The third-order valence-electron chi connectivity index (χ3n) is 2.36. The molecule has 1 aromatic carbocycles. The Morgan fingerprint density at radius 3 is 2.74 bits per heavy atom. The molecule has 9 heteroatoms. The summed E-state index contributed by atoms with van der Waals surface area (Å²) in [6.45, 7) is 0. The fourth-order valence-corrected chi connectivity index (χ4v) is 2.55. The van der Waals surface area contributed by atoms with Crippen molar-refractivity contribution < 1.29 is 0 Å². The van der Waals surface area contributed by atoms with E-state index in [0.29, 0.717) is 21.9 Å². The quantitative estimate of drug-likeness (QED) is 0.762. The minimum atomic E-state index is 0.195. The maximum absolute atomic E-state index is 6.16. The summed E-state index contributed by atoms with van der Waals surface area (Å²) in [4.78, 5) is 0. The number of aromatic nitrogens is 4. The van der Waals surface area contributed by atoms with Crippen molar-refractivity contribution in [1.29, 1.82) is 0 Å². The van der Waals surface area contributed by atoms with E-state index >= 15 is 0 Å². The Morgan fingerprint density at radius 1 is 1.05 bits per heavy atom. The zero-order valence-electron chi connectivity index (χ0n) is 9.06. The first-order valence-electron chi connectivity index (χ1n) is 5.01. The van der Waals surface area contributed by atoms with Gasteiger partial charge in [0.1, 0.15) is 11.0 Å². The molecule has 0 unspecified atom stereocenters. The van der Waals surface area contributed by atoms with Gasteiger partial charge in [-0.1, -0.05) is 34.8 Å². The van der Waals surface area contributed by atoms with Gasteiger partial charge >= 0.3 is 0 Å². The van der Waals surface area contributed by atoms with Crippen molar-refractivity contribution in [2.45, 2.75) is 0 Å². The average Bonchev–Trinajstić information content (AvgIpc) is 2.85. The fraction of sp³-hybridized carbons (Fsp3) is 0. The lowest BCUT2D eigenvalue weighted by Gasteiger charge is -2.09. The van der Waals surface area contributed by atoms with Gasteiger partial charge in [-0.3, -0.25) is 0 Å². The van der Waals surface area contributed by atoms with Gasteiger partial charge in [0, 0.05) is 6.07 Å². The zero-order valence-corrected chi connectivity index (χ0v) is 12.1. The van der Waals surface area contributed by atoms with Crippen LogP contribution in [-0.4, -0.2) is 18.9 Å². The van der Waals surface area contributed by atoms with Gasteiger partial charge in [-0.15, -0.1) is 10.2 Å². The Labute approximate surface area is 126 Å². The van der Waals surface area contributed by atoms with Crippen LogP contribution in [0, 0.1) is 0 Å². The van der Waals surface area contributed by atoms with Crippen LogP contribution < -0.4 is 5.32 Å². The van der Waals surface area contributed by atoms with E-state index < -0.39 is 0 Å². The Kier molecular flexibility index (Phi) is 3.40. The van der Waals surface area contributed by atoms with Crippen LogP contribution in [-0.2, 0) is 0 Å². The van der Waals surface area contributed by atoms with Crippen molar-refractivity contribution in [1.82, 2.24) is 18.9 Å². The zero-order chi connectivity index (χ0) is 13.4. The van der Waals surface area contributed by atoms with Crippen molar-refractivity contribution in [2.24, 2.45) is 0 Å². The van der Waals surface area contributed by atoms with Crippen molar-refractivity contribution in [2.75, 3.05) is 5.32 Å². The molecular weight excluding hydrogens is 329 g/mol. The van der Waals surface area contributed by atoms with E-state index in [9.17, 15) is 0 Å². The number of nitrogens with one attached hydrogen (secondary N) is 1. The minimum absolute atomic E-state index is 0.195. The SMILES string of the molecule is Clc1cc(Nc2c(Cl)ccc3nsnc23)c(Cl)nn1. The fourth-order valence-electron chi connectivity index (χ4n) is 1.52. The summed E-state index contributed by atoms with van der Waals surface area (Å²) in [6, 6.07) is 5.09. The Bertz CT molecular complexity index is 760. The van der Waals surface area contributed by atoms with E-state index in [0.717, 1.165) is 17.2 Å². The number of rotatable bonds is 2. The first-order chi connectivity index (χ1) is 9.15. The highest BCUT2D eigenvalue weighted by atomic mass is 35.5. The molecule has 0 saturated heterocycles. The third kappa shape index (κ3) is 2.44. The molecule has 0 aliphatic rings. The van der Waals surface area contributed by atoms with Gasteiger partial charge < -0.3 is 5.32 Å². The van der Waals surface area contributed by atoms with Gasteiger partial charge in [0.2, 0.25) is 0 Å². The van der Waals surface area contributed by atoms with Gasteiger partial charge in [-0.05, 0) is 12.1 Å². The Balaban J connectivity index is 2.12. The van der Waals surface area contributed by atoms with Crippen molar-refractivity contribution in [3.05, 3.63) is 33.5 Å². The molecule has 0 aliphatic carbocycles. The van der Waals surface area contributed by atoms with Gasteiger partial charge in [0.15, 0.2) is 10.3 Å². The monoisotopic (exact) mass is 331 g/mol. The molecule has 0 bridgehead atoms. The van der Waals surface area contributed by atoms with Crippen LogP contribution in [0.15, 0.2) is 18.2 Å². The lowest BCUT2D eigenvalue weighted by molar-refractivity contribution is 1.03. The van der Waals surface area contributed by atoms with Gasteiger partial charge in [0.25, 0.3) is 0 Å². The number of hydrogen-bond acceptors (Lipinski definition) is 6. The number of anilines is 2. The normalized spacial score (nSPS) is 10.9. The van der Waals surface area contributed by atoms with Gasteiger partial charge in [-0.25, -0.2) is 0 Å². The van der Waals surface area contributed by atoms with Crippen LogP contribution in [0.1, 0.15) is 0 Å². The standard InChI is InChI=1S/C10H4Cl3N5S/c11-4-1-2-5-9(18-19-17-5)8(4)14-6-3-7(12)15-16-10(6)13/h1-3H,(H,14,15). The summed E-state index contributed by atoms with van der Waals surface area (Å²) in [7, 11) is 0. The van der Waals surface area contributed by atoms with E-state index in [1.165, 1.54) is 0 Å². The topological polar surface area (TPSA) is 63.6 Å². The van der Waals surface area contributed by atoms with Gasteiger partial charge in [0.05, 0.1) is 28.1 Å². The molecule has 0 aliphatic heterocycles. The summed E-state index contributed by atoms with van der Waals surface area (Å²) in [5, 5.41) is 11.3. The number of fused-ring (bicyclic) bond motifs is 1. The van der Waals surface area contributed by atoms with Crippen LogP contribution in [0.25, 0.3) is 11.0 Å². The van der Waals surface area contributed by atoms with E-state index in [2.05, 4.69) is 24.3 Å². The third-order valence-corrected chi connectivity index (χ3v) is 3.68. The Morgan fingerprint density at radius 2 is 1.89 bits per heavy atom. The summed E-state index contributed by atoms with van der Waals surface area (Å²) < 4.78 is 8.35. The first-order valence-corrected chi connectivity index (χ1v) is 6.88. The maximum atomic E-state index is 6.16. The summed E-state index contributed by atoms with van der Waals surface area (Å²) >= 11 is 19.0. The van der Waals surface area contributed by atoms with Crippen molar-refractivity contribution in [3.8, 4) is 0 Å². The number of benzene rings is 1. The molecule has 1 N–H and O–H groups in total. The first kappa shape index (κ1) is 12.8. The average molecular weight is 333 g/mol. The highest BCUT2D eigenvalue weighted by Crippen LogP contribution is 2.34. The second kappa shape index (κ2) is 5.05. The Hall–Kier alpha value is -1.21. The van der Waals surface area contributed by atoms with Crippen LogP contribution in [0.5, 0.6) is 0 Å². The predicted molar refractivity (Wildman–Crippen MR) is 77.8 cm³/mol. The highest BCUT2D eigenvalue weighted by molar-refractivity contribution is 7.00. The lowest BCUT2D eigenvalue weighted by Crippen LogP contribution is -1.96. The number of nitrogens with zero attached hydrogens (tertiary/aromatic N) is 4. The molecule has 2 aromatic heterocycles. The maximum Gasteiger partial charge on any atom is 0.175 e. The molecule has 19 heavy (non-hydrogen) atoms. The molecule has 0 saturated carbocycles. The molecule has 0 fully saturated rings. The predicted octanol–water partition coefficient (Wildman–Crippen LogP) is 4.19. The van der Waals surface area contributed by atoms with Gasteiger partial charge in [-0.2, -0.15) is 8.75 Å². The van der Waals surface area contributed by atoms with E-state index in [1.807, 2.05) is 0 Å². The van der Waals surface area contributed by atoms with Crippen LogP contribution in [0.4, 0.5) is 11.4 Å². The van der Waals surface area contributed by atoms with E-state index in [1.54, 1.807) is 18.2 Å². The van der Waals surface area contributed by atoms with E-state index in [4.69, 9.17) is 34.8 Å². The number of halogens is 3. The van der Waals surface area contributed by atoms with Crippen molar-refractivity contribution in [3.63, 3.8) is 0 Å². The second-order valence-electron chi connectivity index (χ2n) is 3.55. The largest absolute Gasteiger partial charge is 0.350 e. The highest BCUT2D eigenvalue weighted by Gasteiger charge is 2.12. The molecular formula is C10H4Cl3N5S. The summed E-state index contributed by atoms with van der Waals surface area (Å²) in [6.07, 6.45) is 0. The van der Waals surface area contributed by atoms with Crippen LogP contribution >= 0.6 is 46.5 Å². The van der Waals surface area contributed by atoms with Crippen LogP contribution in [0.3, 0.4) is 0 Å². The molecule has 3 aromatic rings. The molecule has 0 atom stereocenters. The van der Waals surface area contributed by atoms with E-state index in [-0.39, 0.29) is 10.3 Å². The van der Waals surface area contributed by atoms with Crippen molar-refractivity contribution >= 4 is 68.9 Å². The minimum Gasteiger partial charge on any atom is -0.350 e. The molecule has 96 valence electrons. The molecule has 3 rings (SSSR count). The van der Waals surface area contributed by atoms with Crippen LogP contribution in [0.2, 0.25) is 15.3 Å². The molecule has 2 heterocycles. The molecule has 0 spiro atoms. The molecule has 5 nitrogen and oxygen atoms in total. The second-order valence-corrected chi connectivity index (χ2v) is 5.23. The smallest absolute Gasteiger partial charge is 0.175 e.